The predicted octanol–water partition coefficient (Wildman–Crippen LogP) is 6.97. The summed E-state index contributed by atoms with van der Waals surface area (Å²) in [5, 5.41) is 19.7. The first-order valence-corrected chi connectivity index (χ1v) is 10.8. The van der Waals surface area contributed by atoms with Gasteiger partial charge >= 0.3 is 5.82 Å². The third-order valence-electron chi connectivity index (χ3n) is 4.95. The van der Waals surface area contributed by atoms with Gasteiger partial charge in [0.25, 0.3) is 5.69 Å². The lowest BCUT2D eigenvalue weighted by molar-refractivity contribution is -0.384. The van der Waals surface area contributed by atoms with Crippen LogP contribution in [0.2, 0.25) is 0 Å². The van der Waals surface area contributed by atoms with Gasteiger partial charge in [-0.25, -0.2) is 15.6 Å². The number of nitrogens with zero attached hydrogens (tertiary/aromatic N) is 4. The number of hydrogen-bond donors (Lipinski definition) is 2. The van der Waals surface area contributed by atoms with Crippen molar-refractivity contribution < 1.29 is 24.6 Å². The lowest BCUT2D eigenvalue weighted by Gasteiger charge is -2.21. The highest BCUT2D eigenvalue weighted by Crippen LogP contribution is 2.42. The molecule has 12 heteroatoms. The molecule has 0 amide bonds. The number of ether oxygens (including phenoxy) is 2. The number of hydrogen-bond acceptors (Lipinski definition) is 7. The van der Waals surface area contributed by atoms with Crippen LogP contribution in [0.1, 0.15) is 19.4 Å². The van der Waals surface area contributed by atoms with Crippen molar-refractivity contribution in [2.75, 3.05) is 5.48 Å². The average Bonchev–Trinajstić information content (AvgIpc) is 3.10. The molecule has 3 rings (SSSR count). The fourth-order valence-corrected chi connectivity index (χ4v) is 3.76. The molecule has 0 radical (unpaired) electrons. The number of nitrogens with one attached hydrogen (secondary N) is 1. The van der Waals surface area contributed by atoms with Crippen LogP contribution < -0.4 is 10.2 Å². The number of rotatable bonds is 7. The summed E-state index contributed by atoms with van der Waals surface area (Å²) < 4.78 is 12.1. The van der Waals surface area contributed by atoms with Crippen LogP contribution in [0.3, 0.4) is 0 Å². The average molecular weight is 550 g/mol. The molecule has 2 aromatic carbocycles. The largest absolute Gasteiger partial charge is 0.550 e. The smallest absolute Gasteiger partial charge is 0.499 e. The molecule has 11 nitrogen and oxygen atoms in total. The Labute approximate surface area is 214 Å². The van der Waals surface area contributed by atoms with Crippen LogP contribution in [0.4, 0.5) is 11.4 Å². The number of anilines is 1. The number of non-ortho nitro benzene ring substituents is 1. The van der Waals surface area contributed by atoms with Gasteiger partial charge in [-0.05, 0) is 53.5 Å². The minimum atomic E-state index is -0.916. The lowest BCUT2D eigenvalue weighted by Crippen LogP contribution is -2.20. The molecule has 1 aliphatic rings. The molecule has 0 aliphatic carbocycles. The van der Waals surface area contributed by atoms with Crippen LogP contribution in [-0.2, 0) is 9.73 Å². The van der Waals surface area contributed by atoms with E-state index >= 15 is 0 Å². The van der Waals surface area contributed by atoms with Crippen LogP contribution in [0.25, 0.3) is 20.6 Å². The Morgan fingerprint density at radius 2 is 1.86 bits per heavy atom. The quantitative estimate of drug-likeness (QED) is 0.166. The highest BCUT2D eigenvalue weighted by atomic mass is 79.9. The molecule has 180 valence electrons. The van der Waals surface area contributed by atoms with E-state index in [1.807, 2.05) is 0 Å². The molecule has 0 saturated heterocycles. The van der Waals surface area contributed by atoms with Gasteiger partial charge in [0.05, 0.1) is 16.0 Å². The van der Waals surface area contributed by atoms with Gasteiger partial charge in [0.2, 0.25) is 11.5 Å². The molecule has 0 atom stereocenters. The SMILES string of the molecule is [C-]#[N+]C([N+]#[C-])=C1OC(C)(C)C(/C=C/c2ccc(Oc3ccc([N+](=O)[O-])cc3NOO)c(Br)c2)=C1[N+]#[C-]. The Balaban J connectivity index is 1.92. The van der Waals surface area contributed by atoms with E-state index in [-0.39, 0.29) is 34.4 Å². The van der Waals surface area contributed by atoms with Crippen LogP contribution in [-0.4, -0.2) is 15.8 Å². The molecule has 0 bridgehead atoms. The van der Waals surface area contributed by atoms with Crippen molar-refractivity contribution in [2.24, 2.45) is 0 Å². The maximum atomic E-state index is 11.0. The first-order valence-electron chi connectivity index (χ1n) is 9.96. The van der Waals surface area contributed by atoms with Gasteiger partial charge in [-0.2, -0.15) is 9.69 Å². The highest BCUT2D eigenvalue weighted by Gasteiger charge is 2.41. The summed E-state index contributed by atoms with van der Waals surface area (Å²) in [6.45, 7) is 25.4. The summed E-state index contributed by atoms with van der Waals surface area (Å²) in [6, 6.07) is 8.86. The fraction of sp³-hybridized carbons (Fsp3) is 0.125. The Morgan fingerprint density at radius 1 is 1.17 bits per heavy atom. The third-order valence-corrected chi connectivity index (χ3v) is 5.57. The zero-order chi connectivity index (χ0) is 26.5. The van der Waals surface area contributed by atoms with E-state index in [2.05, 4.69) is 40.9 Å². The zero-order valence-electron chi connectivity index (χ0n) is 18.8. The van der Waals surface area contributed by atoms with Gasteiger partial charge in [-0.3, -0.25) is 10.1 Å². The van der Waals surface area contributed by atoms with E-state index < -0.39 is 10.5 Å². The fourth-order valence-electron chi connectivity index (χ4n) is 3.29. The summed E-state index contributed by atoms with van der Waals surface area (Å²) >= 11 is 3.43. The summed E-state index contributed by atoms with van der Waals surface area (Å²) in [7, 11) is 0. The maximum Gasteiger partial charge on any atom is 0.550 e. The van der Waals surface area contributed by atoms with E-state index in [9.17, 15) is 10.1 Å². The Kier molecular flexibility index (Phi) is 7.73. The minimum absolute atomic E-state index is 0.0241. The van der Waals surface area contributed by atoms with Gasteiger partial charge < -0.3 is 9.47 Å². The number of halogens is 1. The van der Waals surface area contributed by atoms with Gasteiger partial charge in [0.1, 0.15) is 30.2 Å². The molecule has 2 N–H and O–H groups in total. The van der Waals surface area contributed by atoms with E-state index in [1.54, 1.807) is 44.2 Å². The molecule has 0 unspecified atom stereocenters. The molecule has 0 aromatic heterocycles. The summed E-state index contributed by atoms with van der Waals surface area (Å²) in [6.07, 6.45) is 3.45. The van der Waals surface area contributed by atoms with E-state index in [1.165, 1.54) is 12.1 Å². The minimum Gasteiger partial charge on any atom is -0.499 e. The summed E-state index contributed by atoms with van der Waals surface area (Å²) in [4.78, 5) is 24.1. The van der Waals surface area contributed by atoms with Gasteiger partial charge in [-0.1, -0.05) is 18.2 Å². The Hall–Kier alpha value is -4.67. The van der Waals surface area contributed by atoms with Crippen molar-refractivity contribution >= 4 is 33.4 Å². The van der Waals surface area contributed by atoms with E-state index in [0.717, 1.165) is 11.6 Å². The monoisotopic (exact) mass is 549 g/mol. The molecular weight excluding hydrogens is 534 g/mol. The first kappa shape index (κ1) is 25.9. The Morgan fingerprint density at radius 3 is 2.44 bits per heavy atom. The van der Waals surface area contributed by atoms with Crippen LogP contribution in [0, 0.1) is 29.8 Å². The topological polar surface area (TPSA) is 116 Å². The standard InChI is InChI=1S/C24H16BrN5O6/c1-24(2)16(21(26-3)22(35-24)23(27-4)28-5)9-6-14-7-10-19(17(25)12-14)34-20-11-8-15(30(31)32)13-18(20)29-36-33/h6-13,29,33H,1-2H3/b9-6+. The van der Waals surface area contributed by atoms with Crippen LogP contribution in [0.15, 0.2) is 69.8 Å². The maximum absolute atomic E-state index is 11.0. The molecule has 0 spiro atoms. The lowest BCUT2D eigenvalue weighted by atomic mass is 9.97. The summed E-state index contributed by atoms with van der Waals surface area (Å²) in [5.41, 5.74) is 2.39. The van der Waals surface area contributed by atoms with Gasteiger partial charge in [0.15, 0.2) is 5.75 Å². The molecular formula is C24H16BrN5O6. The summed E-state index contributed by atoms with van der Waals surface area (Å²) in [5.74, 6) is 0.207. The number of nitro benzene ring substituents is 1. The number of nitro groups is 1. The second-order valence-corrected chi connectivity index (χ2v) is 8.47. The van der Waals surface area contributed by atoms with Crippen LogP contribution >= 0.6 is 15.9 Å². The van der Waals surface area contributed by atoms with E-state index in [0.29, 0.717) is 15.8 Å². The van der Waals surface area contributed by atoms with Crippen molar-refractivity contribution in [1.82, 2.24) is 0 Å². The molecule has 36 heavy (non-hydrogen) atoms. The molecule has 0 saturated carbocycles. The van der Waals surface area contributed by atoms with Crippen molar-refractivity contribution in [2.45, 2.75) is 19.4 Å². The van der Waals surface area contributed by atoms with Crippen molar-refractivity contribution in [1.29, 1.82) is 0 Å². The normalized spacial score (nSPS) is 14.0. The predicted molar refractivity (Wildman–Crippen MR) is 133 cm³/mol. The third kappa shape index (κ3) is 5.35. The van der Waals surface area contributed by atoms with E-state index in [4.69, 9.17) is 34.4 Å². The second-order valence-electron chi connectivity index (χ2n) is 7.62. The van der Waals surface area contributed by atoms with Crippen molar-refractivity contribution in [3.05, 3.63) is 120 Å². The van der Waals surface area contributed by atoms with Gasteiger partial charge in [0, 0.05) is 17.7 Å². The molecule has 2 aromatic rings. The highest BCUT2D eigenvalue weighted by molar-refractivity contribution is 9.10. The Bertz CT molecular complexity index is 1440. The van der Waals surface area contributed by atoms with Gasteiger partial charge in [-0.15, -0.1) is 4.99 Å². The zero-order valence-corrected chi connectivity index (χ0v) is 20.4. The van der Waals surface area contributed by atoms with Crippen molar-refractivity contribution in [3.63, 3.8) is 0 Å². The molecule has 0 fully saturated rings. The molecule has 1 heterocycles. The molecule has 1 aliphatic heterocycles. The number of benzene rings is 2. The second kappa shape index (κ2) is 10.7. The van der Waals surface area contributed by atoms with Crippen molar-refractivity contribution in [3.8, 4) is 11.5 Å². The van der Waals surface area contributed by atoms with Crippen LogP contribution in [0.5, 0.6) is 11.5 Å². The first-order chi connectivity index (χ1) is 17.1.